The van der Waals surface area contributed by atoms with E-state index in [4.69, 9.17) is 0 Å². The fraction of sp³-hybridized carbons (Fsp3) is 0.429. The lowest BCUT2D eigenvalue weighted by Gasteiger charge is -2.34. The van der Waals surface area contributed by atoms with Gasteiger partial charge in [0.05, 0.1) is 16.1 Å². The number of H-pyrrole nitrogens is 1. The van der Waals surface area contributed by atoms with Crippen LogP contribution in [0.5, 0.6) is 0 Å². The molecule has 0 saturated heterocycles. The van der Waals surface area contributed by atoms with Crippen molar-refractivity contribution in [3.05, 3.63) is 81.7 Å². The van der Waals surface area contributed by atoms with Crippen LogP contribution < -0.4 is 10.4 Å². The number of nitrogens with one attached hydrogen (secondary N) is 1. The largest absolute Gasteiger partial charge is 0.368 e. The van der Waals surface area contributed by atoms with Crippen molar-refractivity contribution < 1.29 is 0 Å². The number of hydrogen-bond acceptors (Lipinski definition) is 0. The fourth-order valence-electron chi connectivity index (χ4n) is 8.99. The maximum absolute atomic E-state index is 3.47. The number of benzene rings is 4. The van der Waals surface area contributed by atoms with Gasteiger partial charge in [-0.05, 0) is 54.5 Å². The Balaban J connectivity index is 0.000000256. The van der Waals surface area contributed by atoms with E-state index in [-0.39, 0.29) is 0 Å². The van der Waals surface area contributed by atoms with Gasteiger partial charge in [0, 0.05) is 52.6 Å². The van der Waals surface area contributed by atoms with Crippen molar-refractivity contribution in [2.45, 2.75) is 117 Å². The van der Waals surface area contributed by atoms with E-state index in [1.54, 1.807) is 21.4 Å². The van der Waals surface area contributed by atoms with E-state index in [2.05, 4.69) is 176 Å². The molecule has 2 aromatic heterocycles. The summed E-state index contributed by atoms with van der Waals surface area (Å²) in [5.74, 6) is 0. The molecular weight excluding hydrogens is 777 g/mol. The molecule has 0 fully saturated rings. The highest BCUT2D eigenvalue weighted by molar-refractivity contribution is 9.10. The van der Waals surface area contributed by atoms with E-state index in [0.717, 1.165) is 20.0 Å². The van der Waals surface area contributed by atoms with E-state index in [9.17, 15) is 0 Å². The lowest BCUT2D eigenvalue weighted by atomic mass is 10.1. The second kappa shape index (κ2) is 15.8. The van der Waals surface area contributed by atoms with Crippen LogP contribution in [0.1, 0.15) is 62.3 Å². The summed E-state index contributed by atoms with van der Waals surface area (Å²) in [6.45, 7) is 22.1. The number of aromatic amines is 1. The summed E-state index contributed by atoms with van der Waals surface area (Å²) in [7, 11) is -4.49. The van der Waals surface area contributed by atoms with Gasteiger partial charge in [0.2, 0.25) is 0 Å². The first kappa shape index (κ1) is 38.3. The molecule has 0 aliphatic heterocycles. The van der Waals surface area contributed by atoms with Gasteiger partial charge in [-0.15, -0.1) is 0 Å². The first-order valence-corrected chi connectivity index (χ1v) is 28.4. The smallest absolute Gasteiger partial charge is 0.161 e. The van der Waals surface area contributed by atoms with Crippen molar-refractivity contribution in [1.29, 1.82) is 0 Å². The number of rotatable bonds is 12. The van der Waals surface area contributed by atoms with E-state index in [0.29, 0.717) is 0 Å². The molecule has 262 valence electrons. The van der Waals surface area contributed by atoms with Crippen molar-refractivity contribution >= 4 is 110 Å². The molecule has 0 bridgehead atoms. The highest BCUT2D eigenvalue weighted by Crippen LogP contribution is 2.37. The monoisotopic (exact) mass is 832 g/mol. The normalized spacial score (nSPS) is 12.7. The SMILES string of the molecule is Brc1ccc2c(c1)[nH]c1cc(Br)ccc12.CC[Si](CC)(CC)c1ccc2c3ccc([Si](CC)(CC)CC)cc3n([Si](CC)(CC)CC)c2c1. The fourth-order valence-corrected chi connectivity index (χ4v) is 20.8. The van der Waals surface area contributed by atoms with Crippen LogP contribution in [-0.4, -0.2) is 33.6 Å². The molecule has 0 unspecified atom stereocenters. The van der Waals surface area contributed by atoms with Gasteiger partial charge in [-0.2, -0.15) is 0 Å². The molecule has 0 radical (unpaired) electrons. The molecule has 0 atom stereocenters. The summed E-state index contributed by atoms with van der Waals surface area (Å²) in [4.78, 5) is 3.40. The molecule has 0 saturated carbocycles. The van der Waals surface area contributed by atoms with Crippen LogP contribution in [0, 0.1) is 0 Å². The molecule has 2 heterocycles. The van der Waals surface area contributed by atoms with Crippen LogP contribution in [0.15, 0.2) is 81.7 Å². The van der Waals surface area contributed by atoms with Crippen LogP contribution in [-0.2, 0) is 0 Å². The first-order valence-electron chi connectivity index (χ1n) is 19.0. The zero-order valence-electron chi connectivity index (χ0n) is 31.5. The van der Waals surface area contributed by atoms with Crippen LogP contribution in [0.4, 0.5) is 0 Å². The topological polar surface area (TPSA) is 20.7 Å². The Kier molecular flexibility index (Phi) is 12.3. The minimum Gasteiger partial charge on any atom is -0.368 e. The highest BCUT2D eigenvalue weighted by atomic mass is 79.9. The molecular formula is C42H58Br2N2Si3. The van der Waals surface area contributed by atoms with Gasteiger partial charge < -0.3 is 9.22 Å². The quantitative estimate of drug-likeness (QED) is 0.119. The summed E-state index contributed by atoms with van der Waals surface area (Å²) in [5.41, 5.74) is 5.45. The van der Waals surface area contributed by atoms with Gasteiger partial charge in [0.1, 0.15) is 0 Å². The van der Waals surface area contributed by atoms with E-state index >= 15 is 0 Å². The zero-order valence-corrected chi connectivity index (χ0v) is 37.7. The molecule has 7 heteroatoms. The summed E-state index contributed by atoms with van der Waals surface area (Å²) in [5, 5.41) is 8.92. The second-order valence-electron chi connectivity index (χ2n) is 14.3. The van der Waals surface area contributed by atoms with Gasteiger partial charge in [-0.3, -0.25) is 0 Å². The number of halogens is 2. The lowest BCUT2D eigenvalue weighted by Crippen LogP contribution is -2.46. The van der Waals surface area contributed by atoms with Crippen molar-refractivity contribution in [3.63, 3.8) is 0 Å². The molecule has 2 nitrogen and oxygen atoms in total. The average Bonchev–Trinajstić information content (AvgIpc) is 3.66. The Bertz CT molecular complexity index is 1890. The molecule has 0 aliphatic rings. The first-order chi connectivity index (χ1) is 23.6. The third-order valence-electron chi connectivity index (χ3n) is 13.0. The average molecular weight is 835 g/mol. The Morgan fingerprint density at radius 3 is 1.12 bits per heavy atom. The Labute approximate surface area is 315 Å². The van der Waals surface area contributed by atoms with Gasteiger partial charge in [-0.1, -0.05) is 177 Å². The molecule has 49 heavy (non-hydrogen) atoms. The summed E-state index contributed by atoms with van der Waals surface area (Å²) in [6, 6.07) is 40.1. The highest BCUT2D eigenvalue weighted by Gasteiger charge is 2.36. The standard InChI is InChI=1S/C30H51NSi3.C12H7Br2N/c1-10-32(11-2,12-3)25-19-21-27-28-22-20-26(33(13-4,14-5)15-6)24-30(28)31(29(27)23-25)34(16-7,17-8)18-9;13-7-1-3-9-10-4-2-8(14)6-12(10)15-11(9)5-7/h19-24H,10-18H2,1-9H3;1-6,15H. The number of aromatic nitrogens is 2. The van der Waals surface area contributed by atoms with Gasteiger partial charge >= 0.3 is 0 Å². The number of fused-ring (bicyclic) bond motifs is 6. The van der Waals surface area contributed by atoms with E-state index in [1.165, 1.54) is 75.9 Å². The minimum absolute atomic E-state index is 1.10. The molecule has 0 spiro atoms. The van der Waals surface area contributed by atoms with Crippen LogP contribution in [0.2, 0.25) is 54.4 Å². The van der Waals surface area contributed by atoms with Crippen molar-refractivity contribution in [2.75, 3.05) is 0 Å². The third kappa shape index (κ3) is 6.76. The Hall–Kier alpha value is -1.91. The van der Waals surface area contributed by atoms with E-state index < -0.39 is 24.4 Å². The molecule has 1 N–H and O–H groups in total. The Morgan fingerprint density at radius 2 is 0.796 bits per heavy atom. The van der Waals surface area contributed by atoms with Gasteiger partial charge in [0.15, 0.2) is 8.24 Å². The van der Waals surface area contributed by atoms with Crippen LogP contribution in [0.25, 0.3) is 43.6 Å². The molecule has 0 aliphatic carbocycles. The maximum Gasteiger partial charge on any atom is 0.161 e. The molecule has 4 aromatic carbocycles. The maximum atomic E-state index is 3.47. The van der Waals surface area contributed by atoms with Crippen molar-refractivity contribution in [3.8, 4) is 0 Å². The lowest BCUT2D eigenvalue weighted by molar-refractivity contribution is 1.06. The number of nitrogens with zero attached hydrogens (tertiary/aromatic N) is 1. The predicted molar refractivity (Wildman–Crippen MR) is 237 cm³/mol. The van der Waals surface area contributed by atoms with Gasteiger partial charge in [-0.25, -0.2) is 0 Å². The molecule has 6 rings (SSSR count). The minimum atomic E-state index is -1.65. The second-order valence-corrected chi connectivity index (χ2v) is 31.6. The predicted octanol–water partition coefficient (Wildman–Crippen LogP) is 13.9. The zero-order chi connectivity index (χ0) is 35.6. The summed E-state index contributed by atoms with van der Waals surface area (Å²) < 4.78 is 5.16. The molecule has 0 amide bonds. The van der Waals surface area contributed by atoms with Crippen LogP contribution in [0.3, 0.4) is 0 Å². The van der Waals surface area contributed by atoms with Crippen LogP contribution >= 0.6 is 31.9 Å². The summed E-state index contributed by atoms with van der Waals surface area (Å²) >= 11 is 6.95. The number of hydrogen-bond donors (Lipinski definition) is 1. The summed E-state index contributed by atoms with van der Waals surface area (Å²) in [6.07, 6.45) is 0. The Morgan fingerprint density at radius 1 is 0.449 bits per heavy atom. The van der Waals surface area contributed by atoms with Crippen molar-refractivity contribution in [1.82, 2.24) is 9.22 Å². The van der Waals surface area contributed by atoms with Crippen molar-refractivity contribution in [2.24, 2.45) is 0 Å². The van der Waals surface area contributed by atoms with Gasteiger partial charge in [0.25, 0.3) is 0 Å². The van der Waals surface area contributed by atoms with E-state index in [1.807, 2.05) is 0 Å². The third-order valence-corrected chi connectivity index (χ3v) is 30.6. The molecule has 6 aromatic rings.